The number of carbonyl (C=O) groups excluding carboxylic acids is 3. The molecule has 0 aliphatic carbocycles. The van der Waals surface area contributed by atoms with Gasteiger partial charge in [-0.05, 0) is 12.0 Å². The first-order valence-corrected chi connectivity index (χ1v) is 7.44. The minimum absolute atomic E-state index is 0.0918. The third-order valence-corrected chi connectivity index (χ3v) is 4.70. The summed E-state index contributed by atoms with van der Waals surface area (Å²) in [4.78, 5) is 47.8. The van der Waals surface area contributed by atoms with Gasteiger partial charge >= 0.3 is 18.1 Å². The zero-order chi connectivity index (χ0) is 18.7. The van der Waals surface area contributed by atoms with Crippen LogP contribution in [0.3, 0.4) is 0 Å². The molecule has 0 saturated carbocycles. The van der Waals surface area contributed by atoms with Crippen molar-refractivity contribution in [1.29, 1.82) is 0 Å². The van der Waals surface area contributed by atoms with E-state index in [1.807, 2.05) is 0 Å². The largest absolute Gasteiger partial charge is 0.477 e. The van der Waals surface area contributed by atoms with E-state index in [0.29, 0.717) is 4.90 Å². The van der Waals surface area contributed by atoms with Gasteiger partial charge in [-0.1, -0.05) is 0 Å². The Balaban J connectivity index is 1.91. The maximum atomic E-state index is 12.7. The smallest absolute Gasteiger partial charge is 0.471 e. The molecule has 0 bridgehead atoms. The summed E-state index contributed by atoms with van der Waals surface area (Å²) in [5, 5.41) is 11.8. The number of hydrogen-bond donors (Lipinski definition) is 2. The van der Waals surface area contributed by atoms with Gasteiger partial charge in [0.25, 0.3) is 5.91 Å². The molecule has 2 N–H and O–H groups in total. The molecule has 0 aromatic rings. The fourth-order valence-electron chi connectivity index (χ4n) is 3.80. The predicted molar refractivity (Wildman–Crippen MR) is 73.6 cm³/mol. The van der Waals surface area contributed by atoms with Crippen LogP contribution in [0.25, 0.3) is 0 Å². The highest BCUT2D eigenvalue weighted by Gasteiger charge is 2.66. The molecule has 11 heteroatoms. The number of amides is 3. The third-order valence-electron chi connectivity index (χ3n) is 4.70. The molecule has 25 heavy (non-hydrogen) atoms. The summed E-state index contributed by atoms with van der Waals surface area (Å²) in [5.74, 6) is -5.25. The van der Waals surface area contributed by atoms with Crippen molar-refractivity contribution in [1.82, 2.24) is 15.1 Å². The molecule has 136 valence electrons. The second-order valence-electron chi connectivity index (χ2n) is 6.23. The SMILES string of the molecule is CC(=O)NCC1=C(C(=O)O)N2C(=O)[C@@H]3[C@H]2[C@H](C1)CN3C(=O)C(F)(F)F. The zero-order valence-corrected chi connectivity index (χ0v) is 13.0. The van der Waals surface area contributed by atoms with Gasteiger partial charge in [0.2, 0.25) is 5.91 Å². The Labute approximate surface area is 139 Å². The molecular weight excluding hydrogens is 347 g/mol. The first-order valence-electron chi connectivity index (χ1n) is 7.44. The van der Waals surface area contributed by atoms with Crippen LogP contribution in [0.15, 0.2) is 11.3 Å². The van der Waals surface area contributed by atoms with Gasteiger partial charge in [-0.2, -0.15) is 13.2 Å². The van der Waals surface area contributed by atoms with E-state index in [9.17, 15) is 37.5 Å². The highest BCUT2D eigenvalue weighted by Crippen LogP contribution is 2.47. The molecule has 2 fully saturated rings. The number of carboxylic acids is 1. The molecule has 0 radical (unpaired) electrons. The van der Waals surface area contributed by atoms with Gasteiger partial charge in [-0.3, -0.25) is 19.3 Å². The molecule has 0 aromatic carbocycles. The monoisotopic (exact) mass is 361 g/mol. The van der Waals surface area contributed by atoms with Gasteiger partial charge in [0.1, 0.15) is 11.7 Å². The van der Waals surface area contributed by atoms with Gasteiger partial charge in [0.05, 0.1) is 6.04 Å². The lowest BCUT2D eigenvalue weighted by Gasteiger charge is -2.49. The molecule has 0 unspecified atom stereocenters. The van der Waals surface area contributed by atoms with Crippen LogP contribution in [0.1, 0.15) is 13.3 Å². The summed E-state index contributed by atoms with van der Waals surface area (Å²) in [7, 11) is 0. The van der Waals surface area contributed by atoms with Crippen LogP contribution in [0.4, 0.5) is 13.2 Å². The van der Waals surface area contributed by atoms with Crippen LogP contribution >= 0.6 is 0 Å². The number of nitrogens with zero attached hydrogens (tertiary/aromatic N) is 2. The van der Waals surface area contributed by atoms with Crippen molar-refractivity contribution in [2.75, 3.05) is 13.1 Å². The Bertz CT molecular complexity index is 717. The van der Waals surface area contributed by atoms with Crippen LogP contribution in [0, 0.1) is 5.92 Å². The maximum Gasteiger partial charge on any atom is 0.471 e. The van der Waals surface area contributed by atoms with Crippen molar-refractivity contribution in [3.05, 3.63) is 11.3 Å². The summed E-state index contributed by atoms with van der Waals surface area (Å²) < 4.78 is 38.2. The van der Waals surface area contributed by atoms with E-state index in [0.717, 1.165) is 4.90 Å². The number of rotatable bonds is 3. The van der Waals surface area contributed by atoms with E-state index < -0.39 is 47.9 Å². The van der Waals surface area contributed by atoms with Crippen molar-refractivity contribution in [3.63, 3.8) is 0 Å². The normalized spacial score (nSPS) is 27.8. The number of carbonyl (C=O) groups is 4. The topological polar surface area (TPSA) is 107 Å². The summed E-state index contributed by atoms with van der Waals surface area (Å²) >= 11 is 0. The molecule has 3 heterocycles. The Morgan fingerprint density at radius 1 is 1.32 bits per heavy atom. The van der Waals surface area contributed by atoms with Crippen molar-refractivity contribution < 1.29 is 37.5 Å². The van der Waals surface area contributed by atoms with Gasteiger partial charge < -0.3 is 15.3 Å². The Morgan fingerprint density at radius 2 is 1.96 bits per heavy atom. The molecule has 3 amide bonds. The van der Waals surface area contributed by atoms with Crippen LogP contribution < -0.4 is 5.32 Å². The third kappa shape index (κ3) is 2.53. The Morgan fingerprint density at radius 3 is 2.48 bits per heavy atom. The number of aliphatic carboxylic acids is 1. The average molecular weight is 361 g/mol. The lowest BCUT2D eigenvalue weighted by atomic mass is 9.79. The quantitative estimate of drug-likeness (QED) is 0.657. The lowest BCUT2D eigenvalue weighted by Crippen LogP contribution is -2.70. The van der Waals surface area contributed by atoms with Crippen molar-refractivity contribution >= 4 is 23.7 Å². The molecule has 3 atom stereocenters. The van der Waals surface area contributed by atoms with Gasteiger partial charge in [0.15, 0.2) is 0 Å². The molecular formula is C14H14F3N3O5. The van der Waals surface area contributed by atoms with E-state index in [-0.39, 0.29) is 30.8 Å². The number of likely N-dealkylation sites (tertiary alicyclic amines) is 1. The number of hydrogen-bond acceptors (Lipinski definition) is 4. The minimum atomic E-state index is -5.10. The Hall–Kier alpha value is -2.59. The van der Waals surface area contributed by atoms with Crippen LogP contribution in [0.2, 0.25) is 0 Å². The zero-order valence-electron chi connectivity index (χ0n) is 13.0. The molecule has 2 saturated heterocycles. The number of halogens is 3. The van der Waals surface area contributed by atoms with Gasteiger partial charge in [-0.15, -0.1) is 0 Å². The molecule has 3 aliphatic heterocycles. The van der Waals surface area contributed by atoms with E-state index in [1.165, 1.54) is 6.92 Å². The summed E-state index contributed by atoms with van der Waals surface area (Å²) in [6.45, 7) is 0.824. The Kier molecular flexibility index (Phi) is 3.77. The second-order valence-corrected chi connectivity index (χ2v) is 6.23. The molecule has 3 aliphatic rings. The number of carboxylic acid groups (broad SMARTS) is 1. The summed E-state index contributed by atoms with van der Waals surface area (Å²) in [5.41, 5.74) is -0.0744. The molecule has 0 aromatic heterocycles. The fraction of sp³-hybridized carbons (Fsp3) is 0.571. The fourth-order valence-corrected chi connectivity index (χ4v) is 3.80. The first-order chi connectivity index (χ1) is 11.5. The number of nitrogens with one attached hydrogen (secondary N) is 1. The number of alkyl halides is 3. The van der Waals surface area contributed by atoms with Crippen LogP contribution in [-0.4, -0.2) is 69.9 Å². The van der Waals surface area contributed by atoms with Crippen molar-refractivity contribution in [3.8, 4) is 0 Å². The van der Waals surface area contributed by atoms with Gasteiger partial charge in [0, 0.05) is 25.9 Å². The van der Waals surface area contributed by atoms with Crippen LogP contribution in [-0.2, 0) is 19.2 Å². The molecule has 3 rings (SSSR count). The average Bonchev–Trinajstić information content (AvgIpc) is 2.85. The summed E-state index contributed by atoms with van der Waals surface area (Å²) in [6, 6.07) is -2.05. The standard InChI is InChI=1S/C14H14F3N3O5/c1-5(21)18-3-6-2-7-4-19(13(25)14(15,16)17)10-8(7)20(11(10)22)9(6)12(23)24/h7-8,10H,2-4H2,1H3,(H,18,21)(H,23,24)/t7-,8-,10+/m1/s1. The van der Waals surface area contributed by atoms with Crippen molar-refractivity contribution in [2.24, 2.45) is 5.92 Å². The maximum absolute atomic E-state index is 12.7. The first kappa shape index (κ1) is 17.2. The van der Waals surface area contributed by atoms with E-state index >= 15 is 0 Å². The van der Waals surface area contributed by atoms with Crippen LogP contribution in [0.5, 0.6) is 0 Å². The summed E-state index contributed by atoms with van der Waals surface area (Å²) in [6.07, 6.45) is -5.01. The van der Waals surface area contributed by atoms with E-state index in [4.69, 9.17) is 0 Å². The predicted octanol–water partition coefficient (Wildman–Crippen LogP) is -0.535. The van der Waals surface area contributed by atoms with Crippen molar-refractivity contribution in [2.45, 2.75) is 31.6 Å². The second kappa shape index (κ2) is 5.46. The van der Waals surface area contributed by atoms with E-state index in [1.54, 1.807) is 0 Å². The molecule has 0 spiro atoms. The highest BCUT2D eigenvalue weighted by atomic mass is 19.4. The highest BCUT2D eigenvalue weighted by molar-refractivity contribution is 6.03. The van der Waals surface area contributed by atoms with E-state index in [2.05, 4.69) is 5.32 Å². The van der Waals surface area contributed by atoms with Gasteiger partial charge in [-0.25, -0.2) is 4.79 Å². The molecule has 8 nitrogen and oxygen atoms in total. The lowest BCUT2D eigenvalue weighted by molar-refractivity contribution is -0.190. The number of β-lactam (4-membered cyclic amide) rings is 1. The minimum Gasteiger partial charge on any atom is -0.477 e.